The number of rotatable bonds is 3. The molecule has 2 fully saturated rings. The Kier molecular flexibility index (Phi) is 3.35. The van der Waals surface area contributed by atoms with Crippen molar-refractivity contribution in [2.45, 2.75) is 31.8 Å². The Morgan fingerprint density at radius 3 is 2.95 bits per heavy atom. The molecule has 0 aliphatic carbocycles. The van der Waals surface area contributed by atoms with Gasteiger partial charge in [0, 0.05) is 26.4 Å². The average molecular weight is 293 g/mol. The minimum absolute atomic E-state index is 0.0952. The number of amides is 2. The predicted molar refractivity (Wildman–Crippen MR) is 72.9 cm³/mol. The monoisotopic (exact) mass is 293 g/mol. The minimum Gasteiger partial charge on any atom is -0.439 e. The maximum Gasteiger partial charge on any atom is 0.410 e. The second-order valence-electron chi connectivity index (χ2n) is 5.80. The zero-order chi connectivity index (χ0) is 15.0. The molecular weight excluding hydrogens is 274 g/mol. The number of carbonyl (C=O) groups excluding carboxylic acids is 2. The van der Waals surface area contributed by atoms with E-state index in [1.165, 1.54) is 6.20 Å². The van der Waals surface area contributed by atoms with E-state index in [9.17, 15) is 9.59 Å². The van der Waals surface area contributed by atoms with Crippen LogP contribution in [-0.4, -0.2) is 59.2 Å². The van der Waals surface area contributed by atoms with Crippen LogP contribution in [0.5, 0.6) is 0 Å². The molecule has 3 heterocycles. The molecule has 1 aromatic rings. The first-order chi connectivity index (χ1) is 10.0. The van der Waals surface area contributed by atoms with E-state index < -0.39 is 5.60 Å². The number of hydrogen-bond acceptors (Lipinski definition) is 5. The largest absolute Gasteiger partial charge is 0.439 e. The van der Waals surface area contributed by atoms with Gasteiger partial charge in [-0.3, -0.25) is 4.79 Å². The molecule has 0 unspecified atom stereocenters. The molecule has 0 radical (unpaired) electrons. The highest BCUT2D eigenvalue weighted by atomic mass is 16.6. The molecule has 1 atom stereocenters. The van der Waals surface area contributed by atoms with Gasteiger partial charge in [-0.15, -0.1) is 0 Å². The van der Waals surface area contributed by atoms with Crippen molar-refractivity contribution in [3.05, 3.63) is 17.5 Å². The third kappa shape index (κ3) is 2.36. The number of ether oxygens (including phenoxy) is 1. The fourth-order valence-corrected chi connectivity index (χ4v) is 3.04. The smallest absolute Gasteiger partial charge is 0.410 e. The van der Waals surface area contributed by atoms with Gasteiger partial charge in [0.05, 0.1) is 19.3 Å². The fourth-order valence-electron chi connectivity index (χ4n) is 3.04. The van der Waals surface area contributed by atoms with Gasteiger partial charge in [0.25, 0.3) is 5.91 Å². The zero-order valence-corrected chi connectivity index (χ0v) is 12.3. The van der Waals surface area contributed by atoms with Gasteiger partial charge in [0.2, 0.25) is 0 Å². The van der Waals surface area contributed by atoms with E-state index in [-0.39, 0.29) is 12.0 Å². The number of hydrogen-bond donors (Lipinski definition) is 0. The third-order valence-corrected chi connectivity index (χ3v) is 4.10. The molecule has 1 aromatic heterocycles. The van der Waals surface area contributed by atoms with Crippen molar-refractivity contribution in [1.29, 1.82) is 0 Å². The highest BCUT2D eigenvalue weighted by molar-refractivity contribution is 5.95. The van der Waals surface area contributed by atoms with Crippen LogP contribution in [0.3, 0.4) is 0 Å². The van der Waals surface area contributed by atoms with Crippen molar-refractivity contribution in [2.75, 3.05) is 26.7 Å². The fraction of sp³-hybridized carbons (Fsp3) is 0.643. The molecule has 0 saturated carbocycles. The van der Waals surface area contributed by atoms with E-state index >= 15 is 0 Å². The van der Waals surface area contributed by atoms with Crippen LogP contribution in [-0.2, 0) is 11.2 Å². The Morgan fingerprint density at radius 2 is 2.29 bits per heavy atom. The molecule has 0 N–H and O–H groups in total. The first-order valence-corrected chi connectivity index (χ1v) is 7.21. The molecule has 114 valence electrons. The molecule has 2 amide bonds. The third-order valence-electron chi connectivity index (χ3n) is 4.10. The highest BCUT2D eigenvalue weighted by Crippen LogP contribution is 2.32. The van der Waals surface area contributed by atoms with Gasteiger partial charge < -0.3 is 19.1 Å². The number of likely N-dealkylation sites (N-methyl/N-ethyl adjacent to an activating group) is 1. The molecule has 2 aliphatic rings. The minimum atomic E-state index is -0.552. The number of aromatic nitrogens is 1. The summed E-state index contributed by atoms with van der Waals surface area (Å²) in [7, 11) is 1.71. The second-order valence-corrected chi connectivity index (χ2v) is 5.80. The van der Waals surface area contributed by atoms with Crippen molar-refractivity contribution >= 4 is 12.0 Å². The summed E-state index contributed by atoms with van der Waals surface area (Å²) in [5.41, 5.74) is -0.0320. The Hall–Kier alpha value is -2.05. The number of nitrogens with zero attached hydrogens (tertiary/aromatic N) is 3. The van der Waals surface area contributed by atoms with E-state index in [4.69, 9.17) is 9.26 Å². The normalized spacial score (nSPS) is 25.0. The lowest BCUT2D eigenvalue weighted by Crippen LogP contribution is -2.39. The topological polar surface area (TPSA) is 75.9 Å². The molecule has 7 heteroatoms. The summed E-state index contributed by atoms with van der Waals surface area (Å²) >= 11 is 0. The van der Waals surface area contributed by atoms with Crippen molar-refractivity contribution in [2.24, 2.45) is 0 Å². The maximum absolute atomic E-state index is 12.6. The van der Waals surface area contributed by atoms with E-state index in [1.807, 2.05) is 6.92 Å². The summed E-state index contributed by atoms with van der Waals surface area (Å²) in [4.78, 5) is 27.4. The summed E-state index contributed by atoms with van der Waals surface area (Å²) in [6.07, 6.45) is 3.41. The van der Waals surface area contributed by atoms with Crippen LogP contribution in [0.15, 0.2) is 10.7 Å². The van der Waals surface area contributed by atoms with Crippen molar-refractivity contribution in [3.63, 3.8) is 0 Å². The summed E-state index contributed by atoms with van der Waals surface area (Å²) in [5.74, 6) is 0.533. The summed E-state index contributed by atoms with van der Waals surface area (Å²) < 4.78 is 10.6. The molecule has 0 aromatic carbocycles. The molecule has 3 rings (SSSR count). The summed E-state index contributed by atoms with van der Waals surface area (Å²) in [6, 6.07) is 0. The van der Waals surface area contributed by atoms with E-state index in [0.717, 1.165) is 6.42 Å². The van der Waals surface area contributed by atoms with Crippen molar-refractivity contribution < 1.29 is 18.8 Å². The Bertz CT molecular complexity index is 570. The molecule has 2 aliphatic heterocycles. The summed E-state index contributed by atoms with van der Waals surface area (Å²) in [6.45, 7) is 3.56. The van der Waals surface area contributed by atoms with Gasteiger partial charge in [-0.25, -0.2) is 4.79 Å². The van der Waals surface area contributed by atoms with E-state index in [1.54, 1.807) is 16.8 Å². The van der Waals surface area contributed by atoms with Crippen LogP contribution in [0.25, 0.3) is 0 Å². The Labute approximate surface area is 122 Å². The molecule has 21 heavy (non-hydrogen) atoms. The number of carbonyl (C=O) groups is 2. The maximum atomic E-state index is 12.6. The SMILES string of the molecule is CCCc1oncc1C(=O)N1CC[C@]2(CN(C)C(=O)O2)C1. The van der Waals surface area contributed by atoms with Crippen molar-refractivity contribution in [3.8, 4) is 0 Å². The van der Waals surface area contributed by atoms with Gasteiger partial charge in [-0.1, -0.05) is 12.1 Å². The lowest BCUT2D eigenvalue weighted by Gasteiger charge is -2.21. The zero-order valence-electron chi connectivity index (χ0n) is 12.3. The molecule has 7 nitrogen and oxygen atoms in total. The Balaban J connectivity index is 1.73. The van der Waals surface area contributed by atoms with Gasteiger partial charge in [0.1, 0.15) is 11.3 Å². The van der Waals surface area contributed by atoms with E-state index in [0.29, 0.717) is 43.8 Å². The standard InChI is InChI=1S/C14H19N3O4/c1-3-4-11-10(7-15-21-11)12(18)17-6-5-14(9-17)8-16(2)13(19)20-14/h7H,3-6,8-9H2,1-2H3/t14-/m0/s1. The summed E-state index contributed by atoms with van der Waals surface area (Å²) in [5, 5.41) is 3.73. The van der Waals surface area contributed by atoms with E-state index in [2.05, 4.69) is 5.16 Å². The van der Waals surface area contributed by atoms with Crippen LogP contribution >= 0.6 is 0 Å². The molecular formula is C14H19N3O4. The van der Waals surface area contributed by atoms with Crippen LogP contribution in [0, 0.1) is 0 Å². The number of aryl methyl sites for hydroxylation is 1. The van der Waals surface area contributed by atoms with Gasteiger partial charge in [-0.05, 0) is 6.42 Å². The van der Waals surface area contributed by atoms with Crippen LogP contribution in [0.4, 0.5) is 4.79 Å². The van der Waals surface area contributed by atoms with Gasteiger partial charge in [0.15, 0.2) is 5.60 Å². The average Bonchev–Trinajstić information content (AvgIpc) is 3.12. The van der Waals surface area contributed by atoms with Crippen LogP contribution in [0.1, 0.15) is 35.9 Å². The van der Waals surface area contributed by atoms with Gasteiger partial charge >= 0.3 is 6.09 Å². The number of likely N-dealkylation sites (tertiary alicyclic amines) is 1. The lowest BCUT2D eigenvalue weighted by molar-refractivity contribution is 0.0552. The molecule has 0 bridgehead atoms. The lowest BCUT2D eigenvalue weighted by atomic mass is 10.0. The van der Waals surface area contributed by atoms with Crippen molar-refractivity contribution in [1.82, 2.24) is 15.0 Å². The first-order valence-electron chi connectivity index (χ1n) is 7.21. The van der Waals surface area contributed by atoms with Gasteiger partial charge in [-0.2, -0.15) is 0 Å². The van der Waals surface area contributed by atoms with Crippen LogP contribution in [0.2, 0.25) is 0 Å². The predicted octanol–water partition coefficient (Wildman–Crippen LogP) is 1.29. The quantitative estimate of drug-likeness (QED) is 0.839. The Morgan fingerprint density at radius 1 is 1.48 bits per heavy atom. The first kappa shape index (κ1) is 13.9. The second kappa shape index (κ2) is 5.05. The molecule has 2 saturated heterocycles. The van der Waals surface area contributed by atoms with Crippen LogP contribution < -0.4 is 0 Å². The molecule has 1 spiro atoms. The highest BCUT2D eigenvalue weighted by Gasteiger charge is 2.49.